The highest BCUT2D eigenvalue weighted by Gasteiger charge is 2.38. The minimum atomic E-state index is -0.793. The third-order valence-corrected chi connectivity index (χ3v) is 4.08. The van der Waals surface area contributed by atoms with E-state index in [2.05, 4.69) is 11.4 Å². The predicted molar refractivity (Wildman–Crippen MR) is 74.2 cm³/mol. The van der Waals surface area contributed by atoms with Gasteiger partial charge in [0, 0.05) is 13.2 Å². The van der Waals surface area contributed by atoms with Crippen molar-refractivity contribution in [1.82, 2.24) is 5.32 Å². The molecule has 1 saturated carbocycles. The van der Waals surface area contributed by atoms with Gasteiger partial charge in [-0.25, -0.2) is 0 Å². The number of nitrogens with one attached hydrogen (secondary N) is 1. The van der Waals surface area contributed by atoms with Crippen molar-refractivity contribution in [2.24, 2.45) is 11.3 Å². The first-order valence-corrected chi connectivity index (χ1v) is 7.45. The number of nitrogens with zero attached hydrogens (tertiary/aromatic N) is 1. The lowest BCUT2D eigenvalue weighted by atomic mass is 9.81. The van der Waals surface area contributed by atoms with Crippen LogP contribution in [0.1, 0.15) is 58.3 Å². The maximum atomic E-state index is 12.2. The smallest absolute Gasteiger partial charge is 0.240 e. The Labute approximate surface area is 116 Å². The van der Waals surface area contributed by atoms with E-state index >= 15 is 0 Å². The third kappa shape index (κ3) is 4.83. The van der Waals surface area contributed by atoms with Crippen molar-refractivity contribution in [3.63, 3.8) is 0 Å². The molecule has 1 atom stereocenters. The average molecular weight is 266 g/mol. The van der Waals surface area contributed by atoms with E-state index in [4.69, 9.17) is 5.11 Å². The highest BCUT2D eigenvalue weighted by Crippen LogP contribution is 2.34. The molecule has 108 valence electrons. The molecule has 19 heavy (non-hydrogen) atoms. The number of rotatable bonds is 6. The fourth-order valence-corrected chi connectivity index (χ4v) is 2.63. The number of hydrogen-bond acceptors (Lipinski definition) is 3. The SMILES string of the molecule is CC(CO)CCCNC(=O)C1(C#N)CCCCCC1. The van der Waals surface area contributed by atoms with Crippen molar-refractivity contribution in [3.8, 4) is 6.07 Å². The van der Waals surface area contributed by atoms with Crippen LogP contribution in [0.4, 0.5) is 0 Å². The van der Waals surface area contributed by atoms with Crippen molar-refractivity contribution >= 4 is 5.91 Å². The molecule has 1 rings (SSSR count). The number of amides is 1. The van der Waals surface area contributed by atoms with Crippen molar-refractivity contribution in [3.05, 3.63) is 0 Å². The van der Waals surface area contributed by atoms with Gasteiger partial charge in [0.05, 0.1) is 6.07 Å². The first kappa shape index (κ1) is 16.0. The molecule has 1 aliphatic carbocycles. The maximum absolute atomic E-state index is 12.2. The summed E-state index contributed by atoms with van der Waals surface area (Å²) in [5, 5.41) is 21.2. The summed E-state index contributed by atoms with van der Waals surface area (Å²) in [6, 6.07) is 2.27. The number of carbonyl (C=O) groups excluding carboxylic acids is 1. The normalized spacial score (nSPS) is 20.1. The van der Waals surface area contributed by atoms with Crippen LogP contribution < -0.4 is 5.32 Å². The molecule has 0 aromatic heterocycles. The average Bonchev–Trinajstić information content (AvgIpc) is 2.69. The van der Waals surface area contributed by atoms with Crippen molar-refractivity contribution in [2.75, 3.05) is 13.2 Å². The van der Waals surface area contributed by atoms with Crippen LogP contribution >= 0.6 is 0 Å². The summed E-state index contributed by atoms with van der Waals surface area (Å²) in [7, 11) is 0. The third-order valence-electron chi connectivity index (χ3n) is 4.08. The molecule has 0 aromatic rings. The van der Waals surface area contributed by atoms with Crippen molar-refractivity contribution < 1.29 is 9.90 Å². The van der Waals surface area contributed by atoms with Crippen LogP contribution in [0.3, 0.4) is 0 Å². The second-order valence-electron chi connectivity index (χ2n) is 5.79. The molecule has 1 fully saturated rings. The summed E-state index contributed by atoms with van der Waals surface area (Å²) < 4.78 is 0. The Morgan fingerprint density at radius 1 is 1.37 bits per heavy atom. The predicted octanol–water partition coefficient (Wildman–Crippen LogP) is 2.38. The van der Waals surface area contributed by atoms with Crippen molar-refractivity contribution in [1.29, 1.82) is 5.26 Å². The van der Waals surface area contributed by atoms with Crippen LogP contribution in [0.2, 0.25) is 0 Å². The topological polar surface area (TPSA) is 73.1 Å². The fraction of sp³-hybridized carbons (Fsp3) is 0.867. The maximum Gasteiger partial charge on any atom is 0.240 e. The molecule has 0 saturated heterocycles. The van der Waals surface area contributed by atoms with Gasteiger partial charge >= 0.3 is 0 Å². The van der Waals surface area contributed by atoms with E-state index in [-0.39, 0.29) is 18.4 Å². The Balaban J connectivity index is 2.39. The summed E-state index contributed by atoms with van der Waals surface area (Å²) >= 11 is 0. The van der Waals surface area contributed by atoms with E-state index in [0.717, 1.165) is 38.5 Å². The van der Waals surface area contributed by atoms with Gasteiger partial charge in [-0.3, -0.25) is 4.79 Å². The Morgan fingerprint density at radius 3 is 2.53 bits per heavy atom. The highest BCUT2D eigenvalue weighted by molar-refractivity contribution is 5.85. The molecule has 2 N–H and O–H groups in total. The molecular weight excluding hydrogens is 240 g/mol. The number of nitriles is 1. The lowest BCUT2D eigenvalue weighted by Crippen LogP contribution is -2.40. The van der Waals surface area contributed by atoms with Gasteiger partial charge in [-0.15, -0.1) is 0 Å². The van der Waals surface area contributed by atoms with E-state index in [9.17, 15) is 10.1 Å². The molecule has 0 heterocycles. The van der Waals surface area contributed by atoms with E-state index < -0.39 is 5.41 Å². The summed E-state index contributed by atoms with van der Waals surface area (Å²) in [6.07, 6.45) is 7.36. The van der Waals surface area contributed by atoms with Crippen LogP contribution in [-0.4, -0.2) is 24.2 Å². The Bertz CT molecular complexity index is 315. The van der Waals surface area contributed by atoms with Gasteiger partial charge in [-0.05, 0) is 31.6 Å². The summed E-state index contributed by atoms with van der Waals surface area (Å²) in [6.45, 7) is 2.78. The van der Waals surface area contributed by atoms with Gasteiger partial charge in [0.25, 0.3) is 0 Å². The first-order chi connectivity index (χ1) is 9.14. The van der Waals surface area contributed by atoms with Crippen LogP contribution in [0, 0.1) is 22.7 Å². The van der Waals surface area contributed by atoms with Gasteiger partial charge in [-0.1, -0.05) is 32.6 Å². The monoisotopic (exact) mass is 266 g/mol. The quantitative estimate of drug-likeness (QED) is 0.572. The number of hydrogen-bond donors (Lipinski definition) is 2. The van der Waals surface area contributed by atoms with Gasteiger partial charge < -0.3 is 10.4 Å². The molecule has 4 heteroatoms. The van der Waals surface area contributed by atoms with Crippen LogP contribution in [0.25, 0.3) is 0 Å². The van der Waals surface area contributed by atoms with Gasteiger partial charge in [-0.2, -0.15) is 5.26 Å². The zero-order chi connectivity index (χ0) is 14.1. The highest BCUT2D eigenvalue weighted by atomic mass is 16.3. The van der Waals surface area contributed by atoms with Gasteiger partial charge in [0.15, 0.2) is 0 Å². The molecule has 0 aliphatic heterocycles. The standard InChI is InChI=1S/C15H26N2O2/c1-13(11-18)7-6-10-17-14(19)15(12-16)8-4-2-3-5-9-15/h13,18H,2-11H2,1H3,(H,17,19). The first-order valence-electron chi connectivity index (χ1n) is 7.45. The zero-order valence-electron chi connectivity index (χ0n) is 12.0. The van der Waals surface area contributed by atoms with Gasteiger partial charge in [0.2, 0.25) is 5.91 Å². The van der Waals surface area contributed by atoms with E-state index in [1.165, 1.54) is 0 Å². The van der Waals surface area contributed by atoms with E-state index in [1.54, 1.807) is 0 Å². The second kappa shape index (κ2) is 8.16. The Kier molecular flexibility index (Phi) is 6.86. The molecule has 0 radical (unpaired) electrons. The number of aliphatic hydroxyl groups excluding tert-OH is 1. The molecule has 0 bridgehead atoms. The summed E-state index contributed by atoms with van der Waals surface area (Å²) in [5.74, 6) is 0.188. The van der Waals surface area contributed by atoms with Crippen LogP contribution in [0.5, 0.6) is 0 Å². The van der Waals surface area contributed by atoms with Crippen molar-refractivity contribution in [2.45, 2.75) is 58.3 Å². The largest absolute Gasteiger partial charge is 0.396 e. The molecule has 4 nitrogen and oxygen atoms in total. The molecular formula is C15H26N2O2. The molecule has 1 aliphatic rings. The Morgan fingerprint density at radius 2 is 2.00 bits per heavy atom. The van der Waals surface area contributed by atoms with Crippen LogP contribution in [0.15, 0.2) is 0 Å². The Hall–Kier alpha value is -1.08. The zero-order valence-corrected chi connectivity index (χ0v) is 12.0. The molecule has 1 unspecified atom stereocenters. The minimum Gasteiger partial charge on any atom is -0.396 e. The van der Waals surface area contributed by atoms with Gasteiger partial charge in [0.1, 0.15) is 5.41 Å². The van der Waals surface area contributed by atoms with E-state index in [0.29, 0.717) is 19.4 Å². The van der Waals surface area contributed by atoms with Crippen LogP contribution in [-0.2, 0) is 4.79 Å². The second-order valence-corrected chi connectivity index (χ2v) is 5.79. The molecule has 1 amide bonds. The molecule has 0 spiro atoms. The number of aliphatic hydroxyl groups is 1. The van der Waals surface area contributed by atoms with E-state index in [1.807, 2.05) is 6.92 Å². The lowest BCUT2D eigenvalue weighted by molar-refractivity contribution is -0.128. The minimum absolute atomic E-state index is 0.0893. The molecule has 0 aromatic carbocycles. The summed E-state index contributed by atoms with van der Waals surface area (Å²) in [4.78, 5) is 12.2. The number of carbonyl (C=O) groups is 1. The fourth-order valence-electron chi connectivity index (χ4n) is 2.63. The lowest BCUT2D eigenvalue weighted by Gasteiger charge is -2.23. The summed E-state index contributed by atoms with van der Waals surface area (Å²) in [5.41, 5.74) is -0.793.